The third-order valence-corrected chi connectivity index (χ3v) is 8.63. The molecule has 0 aliphatic carbocycles. The molecule has 3 rings (SSSR count). The predicted molar refractivity (Wildman–Crippen MR) is 146 cm³/mol. The number of anilines is 1. The minimum atomic E-state index is -0.129. The summed E-state index contributed by atoms with van der Waals surface area (Å²) in [5, 5.41) is 38.2. The van der Waals surface area contributed by atoms with Gasteiger partial charge in [0.1, 0.15) is 5.01 Å². The summed E-state index contributed by atoms with van der Waals surface area (Å²) < 4.78 is 0. The van der Waals surface area contributed by atoms with Crippen LogP contribution in [0.2, 0.25) is 0 Å². The molecule has 2 saturated heterocycles. The molecule has 2 fully saturated rings. The molecule has 0 bridgehead atoms. The van der Waals surface area contributed by atoms with E-state index in [1.54, 1.807) is 11.8 Å². The Labute approximate surface area is 219 Å². The van der Waals surface area contributed by atoms with Gasteiger partial charge in [0.2, 0.25) is 16.9 Å². The fourth-order valence-electron chi connectivity index (χ4n) is 4.08. The van der Waals surface area contributed by atoms with Crippen LogP contribution >= 0.6 is 34.9 Å². The van der Waals surface area contributed by atoms with Crippen LogP contribution in [0.3, 0.4) is 0 Å². The van der Waals surface area contributed by atoms with Crippen molar-refractivity contribution in [3.8, 4) is 0 Å². The molecule has 0 radical (unpaired) electrons. The van der Waals surface area contributed by atoms with Gasteiger partial charge in [-0.1, -0.05) is 11.3 Å². The van der Waals surface area contributed by atoms with Gasteiger partial charge in [-0.15, -0.1) is 10.2 Å². The Morgan fingerprint density at radius 3 is 2.23 bits per heavy atom. The van der Waals surface area contributed by atoms with Crippen LogP contribution in [-0.4, -0.2) is 69.9 Å². The lowest BCUT2D eigenvalue weighted by Crippen LogP contribution is -2.34. The van der Waals surface area contributed by atoms with E-state index in [-0.39, 0.29) is 17.0 Å². The van der Waals surface area contributed by atoms with Gasteiger partial charge >= 0.3 is 0 Å². The Kier molecular flexibility index (Phi) is 12.5. The maximum Gasteiger partial charge on any atom is 0.226 e. The number of nitrogens with one attached hydrogen (secondary N) is 6. The first-order valence-electron chi connectivity index (χ1n) is 12.2. The van der Waals surface area contributed by atoms with Crippen molar-refractivity contribution in [2.45, 2.75) is 51.4 Å². The van der Waals surface area contributed by atoms with E-state index in [1.807, 2.05) is 0 Å². The van der Waals surface area contributed by atoms with E-state index in [4.69, 9.17) is 10.8 Å². The quantitative estimate of drug-likeness (QED) is 0.142. The molecule has 0 unspecified atom stereocenters. The van der Waals surface area contributed by atoms with Gasteiger partial charge in [-0.2, -0.15) is 11.8 Å². The van der Waals surface area contributed by atoms with Gasteiger partial charge in [0, 0.05) is 25.7 Å². The smallest absolute Gasteiger partial charge is 0.226 e. The van der Waals surface area contributed by atoms with Gasteiger partial charge in [-0.3, -0.25) is 20.4 Å². The second-order valence-corrected chi connectivity index (χ2v) is 12.3. The molecular weight excluding hydrogens is 504 g/mol. The van der Waals surface area contributed by atoms with Crippen molar-refractivity contribution < 1.29 is 9.59 Å². The number of aryl methyl sites for hydroxylation is 1. The number of hydrogen-bond acceptors (Lipinski definition) is 11. The number of rotatable bonds is 11. The summed E-state index contributed by atoms with van der Waals surface area (Å²) >= 11 is 4.14. The Hall–Kier alpha value is -1.54. The Bertz CT molecular complexity index is 854. The number of amidine groups is 1. The van der Waals surface area contributed by atoms with E-state index in [1.165, 1.54) is 11.3 Å². The molecule has 2 amide bonds. The van der Waals surface area contributed by atoms with Crippen molar-refractivity contribution >= 4 is 62.0 Å². The monoisotopic (exact) mass is 540 g/mol. The zero-order valence-electron chi connectivity index (χ0n) is 20.0. The van der Waals surface area contributed by atoms with E-state index in [0.717, 1.165) is 86.6 Å². The number of nitrogens with zero attached hydrogens (tertiary/aromatic N) is 2. The van der Waals surface area contributed by atoms with Crippen LogP contribution in [0, 0.1) is 22.7 Å². The second kappa shape index (κ2) is 15.5. The maximum absolute atomic E-state index is 12.2. The van der Waals surface area contributed by atoms with Gasteiger partial charge < -0.3 is 21.3 Å². The van der Waals surface area contributed by atoms with E-state index in [9.17, 15) is 9.59 Å². The summed E-state index contributed by atoms with van der Waals surface area (Å²) in [7, 11) is 0. The number of amides is 2. The molecule has 0 aromatic carbocycles. The van der Waals surface area contributed by atoms with Crippen molar-refractivity contribution in [1.29, 1.82) is 10.8 Å². The number of aromatic nitrogens is 2. The average Bonchev–Trinajstić information content (AvgIpc) is 3.26. The van der Waals surface area contributed by atoms with Crippen molar-refractivity contribution in [3.05, 3.63) is 5.01 Å². The molecule has 0 saturated carbocycles. The lowest BCUT2D eigenvalue weighted by atomic mass is 9.94. The van der Waals surface area contributed by atoms with Crippen molar-refractivity contribution in [2.24, 2.45) is 11.8 Å². The van der Waals surface area contributed by atoms with Gasteiger partial charge in [0.15, 0.2) is 5.17 Å². The lowest BCUT2D eigenvalue weighted by molar-refractivity contribution is -0.120. The minimum absolute atomic E-state index is 0.0121. The number of thioether (sulfide) groups is 2. The molecule has 1 aromatic heterocycles. The highest BCUT2D eigenvalue weighted by Gasteiger charge is 2.19. The van der Waals surface area contributed by atoms with Crippen molar-refractivity contribution in [1.82, 2.24) is 26.1 Å². The molecule has 13 heteroatoms. The summed E-state index contributed by atoms with van der Waals surface area (Å²) in [5.74, 6) is 2.32. The first-order chi connectivity index (χ1) is 17.0. The number of carbonyl (C=O) groups is 2. The van der Waals surface area contributed by atoms with Crippen LogP contribution in [-0.2, 0) is 16.0 Å². The zero-order valence-corrected chi connectivity index (χ0v) is 22.4. The Morgan fingerprint density at radius 1 is 0.943 bits per heavy atom. The highest BCUT2D eigenvalue weighted by molar-refractivity contribution is 8.26. The van der Waals surface area contributed by atoms with E-state index < -0.39 is 0 Å². The van der Waals surface area contributed by atoms with Crippen LogP contribution in [0.25, 0.3) is 0 Å². The molecule has 1 aromatic rings. The molecule has 194 valence electrons. The molecule has 2 aliphatic rings. The first-order valence-corrected chi connectivity index (χ1v) is 15.0. The highest BCUT2D eigenvalue weighted by Crippen LogP contribution is 2.21. The maximum atomic E-state index is 12.2. The third kappa shape index (κ3) is 11.4. The molecule has 6 N–H and O–H groups in total. The first kappa shape index (κ1) is 28.0. The highest BCUT2D eigenvalue weighted by atomic mass is 32.2. The summed E-state index contributed by atoms with van der Waals surface area (Å²) in [6, 6.07) is 0. The van der Waals surface area contributed by atoms with Crippen LogP contribution < -0.4 is 21.3 Å². The topological polar surface area (TPSA) is 156 Å². The van der Waals surface area contributed by atoms with E-state index in [0.29, 0.717) is 41.3 Å². The van der Waals surface area contributed by atoms with E-state index in [2.05, 4.69) is 31.5 Å². The Balaban J connectivity index is 1.22. The fraction of sp³-hybridized carbons (Fsp3) is 0.727. The number of piperidine rings is 2. The molecule has 10 nitrogen and oxygen atoms in total. The Morgan fingerprint density at radius 2 is 1.57 bits per heavy atom. The predicted octanol–water partition coefficient (Wildman–Crippen LogP) is 2.68. The van der Waals surface area contributed by atoms with E-state index >= 15 is 0 Å². The summed E-state index contributed by atoms with van der Waals surface area (Å²) in [5.41, 5.74) is 0. The standard InChI is InChI=1S/C22H36N8O2S3/c23-17(34-21(24)27-18(31)13-15-1-7-25-8-2-15)5-11-33-12-6-20-29-30-22(35-20)28-19(32)14-16-3-9-26-10-4-16/h15-16,23,25-26H,1-14H2,(H2,24,27,31)(H,28,30,32). The molecule has 2 aliphatic heterocycles. The molecule has 35 heavy (non-hydrogen) atoms. The van der Waals surface area contributed by atoms with Crippen LogP contribution in [0.1, 0.15) is 50.0 Å². The van der Waals surface area contributed by atoms with Gasteiger partial charge in [-0.05, 0) is 87.0 Å². The van der Waals surface area contributed by atoms with Gasteiger partial charge in [-0.25, -0.2) is 0 Å². The summed E-state index contributed by atoms with van der Waals surface area (Å²) in [4.78, 5) is 24.3. The second-order valence-electron chi connectivity index (χ2n) is 8.86. The molecule has 0 spiro atoms. The van der Waals surface area contributed by atoms with Gasteiger partial charge in [0.05, 0.1) is 5.04 Å². The zero-order chi connectivity index (χ0) is 24.9. The summed E-state index contributed by atoms with van der Waals surface area (Å²) in [6.07, 6.45) is 6.36. The van der Waals surface area contributed by atoms with Crippen LogP contribution in [0.4, 0.5) is 5.13 Å². The lowest BCUT2D eigenvalue weighted by Gasteiger charge is -2.21. The largest absolute Gasteiger partial charge is 0.317 e. The molecule has 0 atom stereocenters. The normalized spacial score (nSPS) is 17.1. The fourth-order valence-corrected chi connectivity index (χ4v) is 6.59. The minimum Gasteiger partial charge on any atom is -0.317 e. The SMILES string of the molecule is N=C(CCSCCc1nnc(NC(=O)CC2CCNCC2)s1)SC(=N)NC(=O)CC1CCNCC1. The number of carbonyl (C=O) groups excluding carboxylic acids is 2. The van der Waals surface area contributed by atoms with Crippen LogP contribution in [0.15, 0.2) is 0 Å². The third-order valence-electron chi connectivity index (χ3n) is 5.99. The molecule has 3 heterocycles. The molecular formula is C22H36N8O2S3. The number of hydrogen-bond donors (Lipinski definition) is 6. The van der Waals surface area contributed by atoms with Crippen molar-refractivity contribution in [3.63, 3.8) is 0 Å². The average molecular weight is 541 g/mol. The van der Waals surface area contributed by atoms with Crippen LogP contribution in [0.5, 0.6) is 0 Å². The van der Waals surface area contributed by atoms with Gasteiger partial charge in [0.25, 0.3) is 0 Å². The summed E-state index contributed by atoms with van der Waals surface area (Å²) in [6.45, 7) is 3.85. The van der Waals surface area contributed by atoms with Crippen molar-refractivity contribution in [2.75, 3.05) is 43.0 Å².